The van der Waals surface area contributed by atoms with Crippen molar-refractivity contribution in [3.05, 3.63) is 65.7 Å². The largest absolute Gasteiger partial charge is 0.285 e. The molecule has 0 aliphatic carbocycles. The van der Waals surface area contributed by atoms with Crippen LogP contribution in [0.5, 0.6) is 0 Å². The summed E-state index contributed by atoms with van der Waals surface area (Å²) in [5.74, 6) is -0.447. The minimum atomic E-state index is -2.72. The molecule has 0 N–H and O–H groups in total. The first-order valence-electron chi connectivity index (χ1n) is 7.12. The van der Waals surface area contributed by atoms with E-state index in [0.717, 1.165) is 5.56 Å². The zero-order chi connectivity index (χ0) is 16.4. The SMILES string of the molecule is CC(C)(C)c1ccc(C(=O)N=S(C)(=O)c2ccccc2)cc1. The van der Waals surface area contributed by atoms with Gasteiger partial charge in [-0.2, -0.15) is 4.36 Å². The molecule has 0 heterocycles. The molecule has 2 aromatic rings. The summed E-state index contributed by atoms with van der Waals surface area (Å²) in [7, 11) is -2.72. The fourth-order valence-electron chi connectivity index (χ4n) is 2.05. The zero-order valence-electron chi connectivity index (χ0n) is 13.4. The van der Waals surface area contributed by atoms with Gasteiger partial charge in [0.2, 0.25) is 0 Å². The van der Waals surface area contributed by atoms with Crippen LogP contribution < -0.4 is 0 Å². The minimum Gasteiger partial charge on any atom is -0.266 e. The molecule has 0 bridgehead atoms. The molecule has 0 fully saturated rings. The summed E-state index contributed by atoms with van der Waals surface area (Å²) in [6.07, 6.45) is 1.49. The van der Waals surface area contributed by atoms with Gasteiger partial charge in [-0.05, 0) is 35.2 Å². The third-order valence-corrected chi connectivity index (χ3v) is 5.10. The number of nitrogens with zero attached hydrogens (tertiary/aromatic N) is 1. The lowest BCUT2D eigenvalue weighted by Crippen LogP contribution is -2.11. The van der Waals surface area contributed by atoms with Gasteiger partial charge >= 0.3 is 0 Å². The second-order valence-electron chi connectivity index (χ2n) is 6.34. The molecule has 22 heavy (non-hydrogen) atoms. The monoisotopic (exact) mass is 315 g/mol. The first-order valence-corrected chi connectivity index (χ1v) is 9.04. The van der Waals surface area contributed by atoms with E-state index in [1.54, 1.807) is 36.4 Å². The first kappa shape index (κ1) is 16.4. The predicted molar refractivity (Wildman–Crippen MR) is 90.7 cm³/mol. The molecule has 0 aliphatic rings. The molecule has 0 radical (unpaired) electrons. The molecule has 2 rings (SSSR count). The molecular weight excluding hydrogens is 294 g/mol. The van der Waals surface area contributed by atoms with Gasteiger partial charge in [-0.3, -0.25) is 4.79 Å². The predicted octanol–water partition coefficient (Wildman–Crippen LogP) is 4.28. The van der Waals surface area contributed by atoms with Gasteiger partial charge in [-0.25, -0.2) is 4.21 Å². The van der Waals surface area contributed by atoms with Gasteiger partial charge < -0.3 is 0 Å². The molecule has 0 aliphatic heterocycles. The molecule has 0 aromatic heterocycles. The number of hydrogen-bond donors (Lipinski definition) is 0. The standard InChI is InChI=1S/C18H21NO2S/c1-18(2,3)15-12-10-14(11-13-15)17(20)19-22(4,21)16-8-6-5-7-9-16/h5-13H,1-4H3. The van der Waals surface area contributed by atoms with E-state index in [2.05, 4.69) is 25.1 Å². The summed E-state index contributed by atoms with van der Waals surface area (Å²) in [5, 5.41) is 0. The Labute approximate surface area is 132 Å². The van der Waals surface area contributed by atoms with Crippen molar-refractivity contribution in [2.75, 3.05) is 6.26 Å². The lowest BCUT2D eigenvalue weighted by Gasteiger charge is -2.18. The Morgan fingerprint density at radius 3 is 2.00 bits per heavy atom. The normalized spacial score (nSPS) is 14.2. The summed E-state index contributed by atoms with van der Waals surface area (Å²) in [6.45, 7) is 6.34. The van der Waals surface area contributed by atoms with Gasteiger partial charge in [0.1, 0.15) is 0 Å². The van der Waals surface area contributed by atoms with E-state index >= 15 is 0 Å². The fraction of sp³-hybridized carbons (Fsp3) is 0.278. The lowest BCUT2D eigenvalue weighted by molar-refractivity contribution is 0.100. The average molecular weight is 315 g/mol. The number of carbonyl (C=O) groups is 1. The van der Waals surface area contributed by atoms with Crippen molar-refractivity contribution in [2.45, 2.75) is 31.1 Å². The molecule has 0 saturated carbocycles. The minimum absolute atomic E-state index is 0.0288. The average Bonchev–Trinajstić information content (AvgIpc) is 2.47. The molecular formula is C18H21NO2S. The summed E-state index contributed by atoms with van der Waals surface area (Å²) in [6, 6.07) is 16.2. The lowest BCUT2D eigenvalue weighted by atomic mass is 9.87. The van der Waals surface area contributed by atoms with Gasteiger partial charge in [0.15, 0.2) is 0 Å². The van der Waals surface area contributed by atoms with Crippen molar-refractivity contribution >= 4 is 15.6 Å². The highest BCUT2D eigenvalue weighted by molar-refractivity contribution is 7.93. The van der Waals surface area contributed by atoms with Crippen LogP contribution >= 0.6 is 0 Å². The van der Waals surface area contributed by atoms with E-state index in [0.29, 0.717) is 10.5 Å². The van der Waals surface area contributed by atoms with Crippen molar-refractivity contribution in [1.82, 2.24) is 0 Å². The molecule has 4 heteroatoms. The molecule has 1 atom stereocenters. The second kappa shape index (κ2) is 6.05. The van der Waals surface area contributed by atoms with Gasteiger partial charge in [-0.1, -0.05) is 51.1 Å². The van der Waals surface area contributed by atoms with Crippen LogP contribution in [0.2, 0.25) is 0 Å². The molecule has 0 saturated heterocycles. The van der Waals surface area contributed by atoms with E-state index < -0.39 is 15.6 Å². The van der Waals surface area contributed by atoms with Gasteiger partial charge in [0.25, 0.3) is 5.91 Å². The smallest absolute Gasteiger partial charge is 0.266 e. The molecule has 2 aromatic carbocycles. The van der Waals surface area contributed by atoms with E-state index in [9.17, 15) is 9.00 Å². The molecule has 1 unspecified atom stereocenters. The van der Waals surface area contributed by atoms with Crippen LogP contribution in [0.4, 0.5) is 0 Å². The maximum absolute atomic E-state index is 12.6. The third-order valence-electron chi connectivity index (χ3n) is 3.44. The van der Waals surface area contributed by atoms with Crippen LogP contribution in [0.1, 0.15) is 36.7 Å². The zero-order valence-corrected chi connectivity index (χ0v) is 14.2. The van der Waals surface area contributed by atoms with E-state index in [1.165, 1.54) is 6.26 Å². The van der Waals surface area contributed by atoms with E-state index in [-0.39, 0.29) is 5.41 Å². The number of rotatable bonds is 2. The number of hydrogen-bond acceptors (Lipinski definition) is 2. The molecule has 0 spiro atoms. The maximum atomic E-state index is 12.6. The van der Waals surface area contributed by atoms with E-state index in [4.69, 9.17) is 0 Å². The van der Waals surface area contributed by atoms with Gasteiger partial charge in [0, 0.05) is 16.7 Å². The highest BCUT2D eigenvalue weighted by atomic mass is 32.2. The molecule has 116 valence electrons. The number of carbonyl (C=O) groups excluding carboxylic acids is 1. The third kappa shape index (κ3) is 3.83. The van der Waals surface area contributed by atoms with Crippen LogP contribution in [0.3, 0.4) is 0 Å². The Bertz CT molecular complexity index is 778. The summed E-state index contributed by atoms with van der Waals surface area (Å²) < 4.78 is 16.5. The van der Waals surface area contributed by atoms with Crippen molar-refractivity contribution in [2.24, 2.45) is 4.36 Å². The number of amides is 1. The maximum Gasteiger partial charge on any atom is 0.285 e. The Kier molecular flexibility index (Phi) is 4.52. The van der Waals surface area contributed by atoms with Gasteiger partial charge in [-0.15, -0.1) is 0 Å². The van der Waals surface area contributed by atoms with Crippen molar-refractivity contribution in [1.29, 1.82) is 0 Å². The van der Waals surface area contributed by atoms with Crippen LogP contribution in [-0.2, 0) is 15.1 Å². The second-order valence-corrected chi connectivity index (χ2v) is 8.60. The highest BCUT2D eigenvalue weighted by Gasteiger charge is 2.15. The topological polar surface area (TPSA) is 46.5 Å². The van der Waals surface area contributed by atoms with Crippen LogP contribution in [0.25, 0.3) is 0 Å². The summed E-state index contributed by atoms with van der Waals surface area (Å²) in [5.41, 5.74) is 1.63. The van der Waals surface area contributed by atoms with Crippen molar-refractivity contribution in [3.8, 4) is 0 Å². The Morgan fingerprint density at radius 1 is 0.955 bits per heavy atom. The van der Waals surface area contributed by atoms with Gasteiger partial charge in [0.05, 0.1) is 9.73 Å². The Hall–Kier alpha value is -1.94. The fourth-order valence-corrected chi connectivity index (χ4v) is 3.24. The van der Waals surface area contributed by atoms with E-state index in [1.807, 2.05) is 18.2 Å². The summed E-state index contributed by atoms with van der Waals surface area (Å²) >= 11 is 0. The van der Waals surface area contributed by atoms with Crippen molar-refractivity contribution in [3.63, 3.8) is 0 Å². The molecule has 1 amide bonds. The number of benzene rings is 2. The summed E-state index contributed by atoms with van der Waals surface area (Å²) in [4.78, 5) is 12.8. The quantitative estimate of drug-likeness (QED) is 0.830. The first-order chi connectivity index (χ1) is 10.2. The van der Waals surface area contributed by atoms with Crippen LogP contribution in [-0.4, -0.2) is 16.4 Å². The highest BCUT2D eigenvalue weighted by Crippen LogP contribution is 2.22. The molecule has 3 nitrogen and oxygen atoms in total. The Balaban J connectivity index is 2.33. The Morgan fingerprint density at radius 2 is 1.50 bits per heavy atom. The van der Waals surface area contributed by atoms with Crippen LogP contribution in [0.15, 0.2) is 63.9 Å². The van der Waals surface area contributed by atoms with Crippen LogP contribution in [0, 0.1) is 0 Å². The van der Waals surface area contributed by atoms with Crippen molar-refractivity contribution < 1.29 is 9.00 Å².